The van der Waals surface area contributed by atoms with E-state index in [4.69, 9.17) is 16.3 Å². The first-order chi connectivity index (χ1) is 12.9. The molecule has 4 nitrogen and oxygen atoms in total. The van der Waals surface area contributed by atoms with Gasteiger partial charge in [-0.05, 0) is 48.4 Å². The van der Waals surface area contributed by atoms with Gasteiger partial charge in [-0.1, -0.05) is 45.7 Å². The van der Waals surface area contributed by atoms with Crippen molar-refractivity contribution in [2.75, 3.05) is 6.61 Å². The summed E-state index contributed by atoms with van der Waals surface area (Å²) in [6.45, 7) is 5.52. The van der Waals surface area contributed by atoms with Crippen LogP contribution < -0.4 is 0 Å². The third-order valence-corrected chi connectivity index (χ3v) is 4.92. The van der Waals surface area contributed by atoms with Crippen LogP contribution in [0.25, 0.3) is 22.0 Å². The van der Waals surface area contributed by atoms with E-state index < -0.39 is 12.1 Å². The lowest BCUT2D eigenvalue weighted by atomic mass is 9.91. The molecule has 0 bridgehead atoms. The minimum absolute atomic E-state index is 0.118. The van der Waals surface area contributed by atoms with Crippen molar-refractivity contribution >= 4 is 44.4 Å². The zero-order valence-electron chi connectivity index (χ0n) is 14.6. The Morgan fingerprint density at radius 2 is 2.04 bits per heavy atom. The van der Waals surface area contributed by atoms with Crippen molar-refractivity contribution in [2.24, 2.45) is 0 Å². The monoisotopic (exact) mass is 445 g/mol. The van der Waals surface area contributed by atoms with Gasteiger partial charge in [-0.15, -0.1) is 6.58 Å². The van der Waals surface area contributed by atoms with E-state index in [1.807, 2.05) is 30.3 Å². The SMILES string of the molecule is C=CCOC(C(=O)O)c1c(C)nc2ccc(Br)cc2c1-c1ccc(Cl)cc1. The van der Waals surface area contributed by atoms with Crippen molar-refractivity contribution in [1.29, 1.82) is 0 Å². The topological polar surface area (TPSA) is 59.4 Å². The second kappa shape index (κ2) is 8.21. The molecular formula is C21H17BrClNO3. The van der Waals surface area contributed by atoms with Gasteiger partial charge in [-0.2, -0.15) is 0 Å². The van der Waals surface area contributed by atoms with E-state index in [9.17, 15) is 9.90 Å². The van der Waals surface area contributed by atoms with Crippen LogP contribution in [0.3, 0.4) is 0 Å². The summed E-state index contributed by atoms with van der Waals surface area (Å²) >= 11 is 9.54. The number of fused-ring (bicyclic) bond motifs is 1. The molecule has 0 radical (unpaired) electrons. The molecule has 27 heavy (non-hydrogen) atoms. The van der Waals surface area contributed by atoms with Crippen LogP contribution >= 0.6 is 27.5 Å². The molecule has 3 rings (SSSR count). The van der Waals surface area contributed by atoms with Crippen LogP contribution in [-0.2, 0) is 9.53 Å². The number of carboxylic acid groups (broad SMARTS) is 1. The third kappa shape index (κ3) is 4.05. The minimum atomic E-state index is -1.16. The molecule has 0 aliphatic carbocycles. The van der Waals surface area contributed by atoms with Gasteiger partial charge >= 0.3 is 5.97 Å². The first-order valence-electron chi connectivity index (χ1n) is 8.23. The maximum atomic E-state index is 12.0. The van der Waals surface area contributed by atoms with E-state index in [-0.39, 0.29) is 6.61 Å². The van der Waals surface area contributed by atoms with E-state index in [1.165, 1.54) is 6.08 Å². The van der Waals surface area contributed by atoms with Gasteiger partial charge in [0, 0.05) is 26.1 Å². The highest BCUT2D eigenvalue weighted by molar-refractivity contribution is 9.10. The Bertz CT molecular complexity index is 1020. The number of carboxylic acids is 1. The summed E-state index contributed by atoms with van der Waals surface area (Å²) in [4.78, 5) is 16.6. The summed E-state index contributed by atoms with van der Waals surface area (Å²) in [5.41, 5.74) is 3.52. The van der Waals surface area contributed by atoms with E-state index in [0.29, 0.717) is 16.3 Å². The molecule has 0 fully saturated rings. The minimum Gasteiger partial charge on any atom is -0.479 e. The molecule has 0 saturated carbocycles. The number of aromatic nitrogens is 1. The summed E-state index contributed by atoms with van der Waals surface area (Å²) in [7, 11) is 0. The molecular weight excluding hydrogens is 430 g/mol. The van der Waals surface area contributed by atoms with Gasteiger partial charge in [0.2, 0.25) is 0 Å². The fourth-order valence-corrected chi connectivity index (χ4v) is 3.55. The van der Waals surface area contributed by atoms with Gasteiger partial charge in [0.05, 0.1) is 12.1 Å². The highest BCUT2D eigenvalue weighted by Crippen LogP contribution is 2.39. The molecule has 1 atom stereocenters. The van der Waals surface area contributed by atoms with Crippen molar-refractivity contribution in [3.63, 3.8) is 0 Å². The Morgan fingerprint density at radius 1 is 1.33 bits per heavy atom. The van der Waals surface area contributed by atoms with Gasteiger partial charge in [0.25, 0.3) is 0 Å². The maximum Gasteiger partial charge on any atom is 0.337 e. The van der Waals surface area contributed by atoms with Crippen molar-refractivity contribution in [1.82, 2.24) is 4.98 Å². The fraction of sp³-hybridized carbons (Fsp3) is 0.143. The summed E-state index contributed by atoms with van der Waals surface area (Å²) in [5.74, 6) is -1.08. The number of halogens is 2. The Morgan fingerprint density at radius 3 is 2.67 bits per heavy atom. The van der Waals surface area contributed by atoms with E-state index in [1.54, 1.807) is 19.1 Å². The predicted octanol–water partition coefficient (Wildman–Crippen LogP) is 5.95. The zero-order valence-corrected chi connectivity index (χ0v) is 16.9. The van der Waals surface area contributed by atoms with E-state index in [0.717, 1.165) is 26.5 Å². The van der Waals surface area contributed by atoms with Crippen molar-refractivity contribution in [3.05, 3.63) is 75.9 Å². The van der Waals surface area contributed by atoms with E-state index in [2.05, 4.69) is 27.5 Å². The number of aryl methyl sites for hydroxylation is 1. The maximum absolute atomic E-state index is 12.0. The Balaban J connectivity index is 2.38. The predicted molar refractivity (Wildman–Crippen MR) is 111 cm³/mol. The number of benzene rings is 2. The van der Waals surface area contributed by atoms with Crippen LogP contribution in [-0.4, -0.2) is 22.7 Å². The highest BCUT2D eigenvalue weighted by atomic mass is 79.9. The first-order valence-corrected chi connectivity index (χ1v) is 9.40. The number of rotatable bonds is 6. The Labute approximate surface area is 170 Å². The molecule has 1 aromatic heterocycles. The molecule has 3 aromatic rings. The van der Waals surface area contributed by atoms with Crippen molar-refractivity contribution in [2.45, 2.75) is 13.0 Å². The second-order valence-electron chi connectivity index (χ2n) is 5.99. The number of carbonyl (C=O) groups is 1. The number of pyridine rings is 1. The van der Waals surface area contributed by atoms with Crippen molar-refractivity contribution < 1.29 is 14.6 Å². The van der Waals surface area contributed by atoms with Crippen molar-refractivity contribution in [3.8, 4) is 11.1 Å². The van der Waals surface area contributed by atoms with Crippen LogP contribution in [0, 0.1) is 6.92 Å². The van der Waals surface area contributed by atoms with Crippen LogP contribution in [0.1, 0.15) is 17.4 Å². The number of aliphatic carboxylic acids is 1. The molecule has 1 heterocycles. The number of hydrogen-bond acceptors (Lipinski definition) is 3. The first kappa shape index (κ1) is 19.5. The highest BCUT2D eigenvalue weighted by Gasteiger charge is 2.28. The standard InChI is InChI=1S/C21H17BrClNO3/c1-3-10-27-20(21(25)26)18-12(2)24-17-9-6-14(22)11-16(17)19(18)13-4-7-15(23)8-5-13/h3-9,11,20H,1,10H2,2H3,(H,25,26). The largest absolute Gasteiger partial charge is 0.479 e. The average molecular weight is 447 g/mol. The molecule has 0 spiro atoms. The molecule has 6 heteroatoms. The summed E-state index contributed by atoms with van der Waals surface area (Å²) in [5, 5.41) is 11.2. The summed E-state index contributed by atoms with van der Waals surface area (Å²) in [6.07, 6.45) is 0.364. The molecule has 0 saturated heterocycles. The lowest BCUT2D eigenvalue weighted by molar-refractivity contribution is -0.150. The molecule has 0 amide bonds. The van der Waals surface area contributed by atoms with Crippen LogP contribution in [0.5, 0.6) is 0 Å². The second-order valence-corrected chi connectivity index (χ2v) is 7.35. The lowest BCUT2D eigenvalue weighted by Crippen LogP contribution is -2.18. The number of hydrogen-bond donors (Lipinski definition) is 1. The Kier molecular flexibility index (Phi) is 5.95. The third-order valence-electron chi connectivity index (χ3n) is 4.18. The summed E-state index contributed by atoms with van der Waals surface area (Å²) in [6, 6.07) is 13.0. The normalized spacial score (nSPS) is 12.1. The van der Waals surface area contributed by atoms with Crippen LogP contribution in [0.15, 0.2) is 59.6 Å². The van der Waals surface area contributed by atoms with Gasteiger partial charge < -0.3 is 9.84 Å². The van der Waals surface area contributed by atoms with Gasteiger partial charge in [-0.3, -0.25) is 4.98 Å². The molecule has 0 aliphatic rings. The summed E-state index contributed by atoms with van der Waals surface area (Å²) < 4.78 is 6.46. The zero-order chi connectivity index (χ0) is 19.6. The number of nitrogens with zero attached hydrogens (tertiary/aromatic N) is 1. The smallest absolute Gasteiger partial charge is 0.337 e. The number of ether oxygens (including phenoxy) is 1. The van der Waals surface area contributed by atoms with Gasteiger partial charge in [0.15, 0.2) is 6.10 Å². The average Bonchev–Trinajstić information content (AvgIpc) is 2.63. The molecule has 1 N–H and O–H groups in total. The molecule has 0 aliphatic heterocycles. The van der Waals surface area contributed by atoms with E-state index >= 15 is 0 Å². The molecule has 1 unspecified atom stereocenters. The van der Waals surface area contributed by atoms with Crippen LogP contribution in [0.4, 0.5) is 0 Å². The Hall–Kier alpha value is -2.21. The van der Waals surface area contributed by atoms with Gasteiger partial charge in [0.1, 0.15) is 0 Å². The quantitative estimate of drug-likeness (QED) is 0.475. The lowest BCUT2D eigenvalue weighted by Gasteiger charge is -2.21. The van der Waals surface area contributed by atoms with Crippen LogP contribution in [0.2, 0.25) is 5.02 Å². The van der Waals surface area contributed by atoms with Gasteiger partial charge in [-0.25, -0.2) is 4.79 Å². The molecule has 2 aromatic carbocycles. The molecule has 138 valence electrons. The fourth-order valence-electron chi connectivity index (χ4n) is 3.06.